The van der Waals surface area contributed by atoms with Crippen LogP contribution in [0.3, 0.4) is 0 Å². The standard InChI is InChI=1S/C14H19NO3S2/c1-10-3-4-11(2)12(7-10)20-8-13(16)15-5-6-19-9-14(17)18/h3-4,7H,5-6,8-9H2,1-2H3,(H,15,16)(H,17,18). The van der Waals surface area contributed by atoms with Crippen molar-refractivity contribution in [2.75, 3.05) is 23.8 Å². The first kappa shape index (κ1) is 16.9. The minimum atomic E-state index is -0.827. The van der Waals surface area contributed by atoms with E-state index in [0.717, 1.165) is 4.90 Å². The van der Waals surface area contributed by atoms with E-state index in [4.69, 9.17) is 5.11 Å². The number of rotatable bonds is 8. The number of thioether (sulfide) groups is 2. The SMILES string of the molecule is Cc1ccc(C)c(SCC(=O)NCCSCC(=O)O)c1. The molecular weight excluding hydrogens is 294 g/mol. The summed E-state index contributed by atoms with van der Waals surface area (Å²) in [5.41, 5.74) is 2.36. The van der Waals surface area contributed by atoms with Crippen molar-refractivity contribution in [1.82, 2.24) is 5.32 Å². The number of amides is 1. The molecule has 6 heteroatoms. The number of aliphatic carboxylic acids is 1. The second kappa shape index (κ2) is 8.92. The number of aryl methyl sites for hydroxylation is 2. The van der Waals surface area contributed by atoms with Crippen molar-refractivity contribution >= 4 is 35.4 Å². The molecule has 0 atom stereocenters. The van der Waals surface area contributed by atoms with Gasteiger partial charge in [-0.25, -0.2) is 0 Å². The first-order chi connectivity index (χ1) is 9.49. The maximum atomic E-state index is 11.7. The molecule has 0 radical (unpaired) electrons. The fourth-order valence-electron chi connectivity index (χ4n) is 1.48. The Balaban J connectivity index is 2.23. The lowest BCUT2D eigenvalue weighted by atomic mass is 10.2. The topological polar surface area (TPSA) is 66.4 Å². The Morgan fingerprint density at radius 3 is 2.70 bits per heavy atom. The number of carbonyl (C=O) groups is 2. The highest BCUT2D eigenvalue weighted by Crippen LogP contribution is 2.23. The molecule has 20 heavy (non-hydrogen) atoms. The molecule has 4 nitrogen and oxygen atoms in total. The van der Waals surface area contributed by atoms with Crippen LogP contribution in [0.2, 0.25) is 0 Å². The molecule has 1 aromatic rings. The van der Waals surface area contributed by atoms with Crippen LogP contribution < -0.4 is 5.32 Å². The van der Waals surface area contributed by atoms with Gasteiger partial charge >= 0.3 is 5.97 Å². The lowest BCUT2D eigenvalue weighted by Gasteiger charge is -2.07. The Hall–Kier alpha value is -1.14. The fraction of sp³-hybridized carbons (Fsp3) is 0.429. The van der Waals surface area contributed by atoms with Crippen molar-refractivity contribution in [3.63, 3.8) is 0 Å². The van der Waals surface area contributed by atoms with Gasteiger partial charge in [0.2, 0.25) is 5.91 Å². The molecule has 0 heterocycles. The van der Waals surface area contributed by atoms with Gasteiger partial charge in [-0.05, 0) is 25.5 Å². The van der Waals surface area contributed by atoms with Crippen molar-refractivity contribution in [1.29, 1.82) is 0 Å². The van der Waals surface area contributed by atoms with Crippen molar-refractivity contribution in [2.24, 2.45) is 0 Å². The molecule has 0 bridgehead atoms. The summed E-state index contributed by atoms with van der Waals surface area (Å²) in [4.78, 5) is 23.1. The third kappa shape index (κ3) is 6.86. The summed E-state index contributed by atoms with van der Waals surface area (Å²) < 4.78 is 0. The molecule has 2 N–H and O–H groups in total. The second-order valence-corrected chi connectivity index (χ2v) is 6.48. The van der Waals surface area contributed by atoms with Crippen LogP contribution in [0.5, 0.6) is 0 Å². The molecule has 0 aliphatic heterocycles. The van der Waals surface area contributed by atoms with Gasteiger partial charge < -0.3 is 10.4 Å². The Labute approximate surface area is 127 Å². The number of nitrogens with one attached hydrogen (secondary N) is 1. The van der Waals surface area contributed by atoms with E-state index >= 15 is 0 Å². The molecule has 0 aliphatic rings. The van der Waals surface area contributed by atoms with E-state index in [0.29, 0.717) is 18.1 Å². The average Bonchev–Trinajstić information content (AvgIpc) is 2.39. The second-order valence-electron chi connectivity index (χ2n) is 4.35. The first-order valence-electron chi connectivity index (χ1n) is 6.25. The molecule has 0 spiro atoms. The van der Waals surface area contributed by atoms with Gasteiger partial charge in [-0.15, -0.1) is 23.5 Å². The third-order valence-corrected chi connectivity index (χ3v) is 4.60. The molecule has 0 fully saturated rings. The van der Waals surface area contributed by atoms with Gasteiger partial charge in [-0.1, -0.05) is 17.7 Å². The first-order valence-corrected chi connectivity index (χ1v) is 8.39. The minimum Gasteiger partial charge on any atom is -0.481 e. The number of carboxylic acid groups (broad SMARTS) is 1. The van der Waals surface area contributed by atoms with Crippen LogP contribution >= 0.6 is 23.5 Å². The molecule has 0 saturated carbocycles. The zero-order chi connectivity index (χ0) is 15.0. The molecule has 1 aromatic carbocycles. The van der Waals surface area contributed by atoms with E-state index in [1.54, 1.807) is 0 Å². The summed E-state index contributed by atoms with van der Waals surface area (Å²) in [6, 6.07) is 6.19. The van der Waals surface area contributed by atoms with Gasteiger partial charge in [0.25, 0.3) is 0 Å². The van der Waals surface area contributed by atoms with Crippen LogP contribution in [-0.4, -0.2) is 40.8 Å². The van der Waals surface area contributed by atoms with Crippen molar-refractivity contribution in [3.05, 3.63) is 29.3 Å². The summed E-state index contributed by atoms with van der Waals surface area (Å²) in [5, 5.41) is 11.3. The maximum absolute atomic E-state index is 11.7. The van der Waals surface area contributed by atoms with Gasteiger partial charge in [0.15, 0.2) is 0 Å². The molecule has 1 amide bonds. The molecule has 1 rings (SSSR count). The summed E-state index contributed by atoms with van der Waals surface area (Å²) in [6.45, 7) is 4.57. The van der Waals surface area contributed by atoms with Crippen LogP contribution in [0.4, 0.5) is 0 Å². The molecule has 0 aliphatic carbocycles. The van der Waals surface area contributed by atoms with E-state index in [-0.39, 0.29) is 11.7 Å². The number of hydrogen-bond donors (Lipinski definition) is 2. The zero-order valence-corrected chi connectivity index (χ0v) is 13.3. The predicted octanol–water partition coefficient (Wildman–Crippen LogP) is 2.33. The lowest BCUT2D eigenvalue weighted by Crippen LogP contribution is -2.27. The highest BCUT2D eigenvalue weighted by Gasteiger charge is 2.05. The summed E-state index contributed by atoms with van der Waals surface area (Å²) in [5.74, 6) is 0.228. The number of benzene rings is 1. The van der Waals surface area contributed by atoms with Gasteiger partial charge in [0.1, 0.15) is 0 Å². The zero-order valence-electron chi connectivity index (χ0n) is 11.6. The molecule has 0 unspecified atom stereocenters. The number of carboxylic acids is 1. The fourth-order valence-corrected chi connectivity index (χ4v) is 3.00. The van der Waals surface area contributed by atoms with Crippen LogP contribution in [0.15, 0.2) is 23.1 Å². The lowest BCUT2D eigenvalue weighted by molar-refractivity contribution is -0.133. The third-order valence-electron chi connectivity index (χ3n) is 2.50. The summed E-state index contributed by atoms with van der Waals surface area (Å²) in [7, 11) is 0. The van der Waals surface area contributed by atoms with E-state index in [1.165, 1.54) is 34.7 Å². The normalized spacial score (nSPS) is 10.3. The number of hydrogen-bond acceptors (Lipinski definition) is 4. The average molecular weight is 313 g/mol. The van der Waals surface area contributed by atoms with Crippen LogP contribution in [0, 0.1) is 13.8 Å². The van der Waals surface area contributed by atoms with Crippen LogP contribution in [0.1, 0.15) is 11.1 Å². The van der Waals surface area contributed by atoms with Crippen LogP contribution in [0.25, 0.3) is 0 Å². The summed E-state index contributed by atoms with van der Waals surface area (Å²) in [6.07, 6.45) is 0. The summed E-state index contributed by atoms with van der Waals surface area (Å²) >= 11 is 2.83. The van der Waals surface area contributed by atoms with Gasteiger partial charge in [-0.2, -0.15) is 0 Å². The molecule has 0 saturated heterocycles. The largest absolute Gasteiger partial charge is 0.481 e. The van der Waals surface area contributed by atoms with E-state index in [9.17, 15) is 9.59 Å². The Kier molecular flexibility index (Phi) is 7.54. The van der Waals surface area contributed by atoms with Crippen LogP contribution in [-0.2, 0) is 9.59 Å². The van der Waals surface area contributed by atoms with E-state index in [2.05, 4.69) is 23.5 Å². The Morgan fingerprint density at radius 1 is 1.25 bits per heavy atom. The van der Waals surface area contributed by atoms with Gasteiger partial charge in [0, 0.05) is 17.2 Å². The highest BCUT2D eigenvalue weighted by molar-refractivity contribution is 8.00. The van der Waals surface area contributed by atoms with Crippen molar-refractivity contribution < 1.29 is 14.7 Å². The molecular formula is C14H19NO3S2. The number of carbonyl (C=O) groups excluding carboxylic acids is 1. The minimum absolute atomic E-state index is 0.0215. The van der Waals surface area contributed by atoms with Crippen molar-refractivity contribution in [3.8, 4) is 0 Å². The Morgan fingerprint density at radius 2 is 2.00 bits per heavy atom. The Bertz CT molecular complexity index is 477. The molecule has 110 valence electrons. The van der Waals surface area contributed by atoms with E-state index < -0.39 is 5.97 Å². The molecule has 0 aromatic heterocycles. The highest BCUT2D eigenvalue weighted by atomic mass is 32.2. The quantitative estimate of drug-likeness (QED) is 0.569. The van der Waals surface area contributed by atoms with Gasteiger partial charge in [-0.3, -0.25) is 9.59 Å². The van der Waals surface area contributed by atoms with E-state index in [1.807, 2.05) is 13.8 Å². The predicted molar refractivity (Wildman–Crippen MR) is 84.6 cm³/mol. The monoisotopic (exact) mass is 313 g/mol. The maximum Gasteiger partial charge on any atom is 0.313 e. The smallest absolute Gasteiger partial charge is 0.313 e. The van der Waals surface area contributed by atoms with Crippen molar-refractivity contribution in [2.45, 2.75) is 18.7 Å². The van der Waals surface area contributed by atoms with Gasteiger partial charge in [0.05, 0.1) is 11.5 Å².